The molecule has 7 heteroatoms. The fourth-order valence-corrected chi connectivity index (χ4v) is 2.39. The van der Waals surface area contributed by atoms with Crippen molar-refractivity contribution in [2.24, 2.45) is 0 Å². The van der Waals surface area contributed by atoms with Gasteiger partial charge in [-0.15, -0.1) is 0 Å². The normalized spacial score (nSPS) is 16.1. The summed E-state index contributed by atoms with van der Waals surface area (Å²) in [5.74, 6) is 1.01. The minimum absolute atomic E-state index is 0. The third-order valence-electron chi connectivity index (χ3n) is 3.52. The number of benzene rings is 1. The van der Waals surface area contributed by atoms with E-state index in [4.69, 9.17) is 18.9 Å². The largest absolute Gasteiger partial charge is 1.00 e. The van der Waals surface area contributed by atoms with Gasteiger partial charge in [0, 0.05) is 0 Å². The molecule has 1 aromatic rings. The average Bonchev–Trinajstić information content (AvgIpc) is 2.54. The monoisotopic (exact) mass is 345 g/mol. The van der Waals surface area contributed by atoms with Crippen LogP contribution >= 0.6 is 0 Å². The smallest absolute Gasteiger partial charge is 0.344 e. The number of hydrogen-bond acceptors (Lipinski definition) is 5. The molecule has 1 saturated heterocycles. The van der Waals surface area contributed by atoms with Gasteiger partial charge in [0.2, 0.25) is 0 Å². The summed E-state index contributed by atoms with van der Waals surface area (Å²) in [6.45, 7) is 6.10. The van der Waals surface area contributed by atoms with Gasteiger partial charge >= 0.3 is 5.97 Å². The lowest BCUT2D eigenvalue weighted by Gasteiger charge is -2.26. The topological polar surface area (TPSA) is 58.4 Å². The number of ether oxygens (including phenoxy) is 4. The van der Waals surface area contributed by atoms with Gasteiger partial charge < -0.3 is 36.3 Å². The van der Waals surface area contributed by atoms with Gasteiger partial charge in [-0.05, 0) is 31.2 Å². The summed E-state index contributed by atoms with van der Waals surface area (Å²) in [6, 6.07) is 7.08. The van der Waals surface area contributed by atoms with Crippen molar-refractivity contribution in [2.45, 2.75) is 13.0 Å². The Bertz CT molecular complexity index is 462. The molecule has 1 fully saturated rings. The first-order valence-electron chi connectivity index (χ1n) is 7.55. The molecule has 1 aliphatic rings. The van der Waals surface area contributed by atoms with E-state index in [-0.39, 0.29) is 31.1 Å². The van der Waals surface area contributed by atoms with E-state index in [1.54, 1.807) is 31.4 Å². The van der Waals surface area contributed by atoms with Crippen molar-refractivity contribution in [3.63, 3.8) is 0 Å². The van der Waals surface area contributed by atoms with E-state index in [1.165, 1.54) is 4.90 Å². The predicted octanol–water partition coefficient (Wildman–Crippen LogP) is -3.08. The maximum atomic E-state index is 11.8. The molecule has 0 bridgehead atoms. The number of morpholine rings is 1. The first-order chi connectivity index (χ1) is 10.7. The number of quaternary nitrogens is 1. The molecular weight excluding hydrogens is 322 g/mol. The van der Waals surface area contributed by atoms with Crippen LogP contribution in [0.1, 0.15) is 6.92 Å². The van der Waals surface area contributed by atoms with Crippen LogP contribution in [0.2, 0.25) is 0 Å². The van der Waals surface area contributed by atoms with Crippen LogP contribution in [0.3, 0.4) is 0 Å². The lowest BCUT2D eigenvalue weighted by molar-refractivity contribution is -0.910. The molecule has 1 unspecified atom stereocenters. The first-order valence-corrected chi connectivity index (χ1v) is 7.55. The second-order valence-electron chi connectivity index (χ2n) is 5.33. The van der Waals surface area contributed by atoms with Gasteiger partial charge in [-0.2, -0.15) is 0 Å². The molecule has 1 heterocycles. The maximum absolute atomic E-state index is 11.8. The molecule has 0 saturated carbocycles. The zero-order valence-corrected chi connectivity index (χ0v) is 14.3. The van der Waals surface area contributed by atoms with Crippen molar-refractivity contribution in [1.29, 1.82) is 0 Å². The van der Waals surface area contributed by atoms with Crippen molar-refractivity contribution in [2.75, 3.05) is 46.6 Å². The van der Waals surface area contributed by atoms with E-state index in [9.17, 15) is 4.79 Å². The summed E-state index contributed by atoms with van der Waals surface area (Å²) >= 11 is 0. The van der Waals surface area contributed by atoms with Gasteiger partial charge in [0.25, 0.3) is 0 Å². The third-order valence-corrected chi connectivity index (χ3v) is 3.52. The van der Waals surface area contributed by atoms with Crippen LogP contribution in [0.5, 0.6) is 11.5 Å². The van der Waals surface area contributed by atoms with Gasteiger partial charge in [0.1, 0.15) is 37.2 Å². The molecule has 0 aliphatic carbocycles. The minimum atomic E-state index is -0.351. The van der Waals surface area contributed by atoms with Crippen LogP contribution < -0.4 is 26.8 Å². The Hall–Kier alpha value is -1.50. The Labute approximate surface area is 143 Å². The number of carbonyl (C=O) groups excluding carboxylic acids is 1. The Morgan fingerprint density at radius 3 is 2.43 bits per heavy atom. The molecule has 0 amide bonds. The molecule has 23 heavy (non-hydrogen) atoms. The molecule has 0 radical (unpaired) electrons. The SMILES string of the molecule is COc1ccc(OCC(=O)OC(C)C[NH+]2CCOCC2)cc1.[Cl-]. The number of methoxy groups -OCH3 is 1. The molecule has 0 aromatic heterocycles. The van der Waals surface area contributed by atoms with E-state index in [2.05, 4.69) is 0 Å². The zero-order valence-electron chi connectivity index (χ0n) is 13.5. The molecule has 0 spiro atoms. The number of esters is 1. The van der Waals surface area contributed by atoms with Gasteiger partial charge in [-0.1, -0.05) is 0 Å². The Balaban J connectivity index is 0.00000264. The number of carbonyl (C=O) groups is 1. The van der Waals surface area contributed by atoms with E-state index < -0.39 is 0 Å². The molecular formula is C16H24ClNO5. The van der Waals surface area contributed by atoms with Gasteiger partial charge in [-0.3, -0.25) is 0 Å². The highest BCUT2D eigenvalue weighted by molar-refractivity contribution is 5.71. The standard InChI is InChI=1S/C16H23NO5.ClH/c1-13(11-17-7-9-20-10-8-17)22-16(18)12-21-15-5-3-14(19-2)4-6-15;/h3-6,13H,7-12H2,1-2H3;1H. The molecule has 130 valence electrons. The van der Waals surface area contributed by atoms with Crippen LogP contribution in [0, 0.1) is 0 Å². The van der Waals surface area contributed by atoms with Crippen LogP contribution in [-0.2, 0) is 14.3 Å². The first kappa shape index (κ1) is 19.5. The zero-order chi connectivity index (χ0) is 15.8. The second-order valence-corrected chi connectivity index (χ2v) is 5.33. The van der Waals surface area contributed by atoms with E-state index >= 15 is 0 Å². The van der Waals surface area contributed by atoms with Crippen LogP contribution in [0.4, 0.5) is 0 Å². The minimum Gasteiger partial charge on any atom is -1.00 e. The highest BCUT2D eigenvalue weighted by Gasteiger charge is 2.19. The van der Waals surface area contributed by atoms with Crippen molar-refractivity contribution in [3.8, 4) is 11.5 Å². The highest BCUT2D eigenvalue weighted by atomic mass is 35.5. The average molecular weight is 346 g/mol. The van der Waals surface area contributed by atoms with Gasteiger partial charge in [0.05, 0.1) is 20.3 Å². The van der Waals surface area contributed by atoms with Crippen molar-refractivity contribution in [3.05, 3.63) is 24.3 Å². The highest BCUT2D eigenvalue weighted by Crippen LogP contribution is 2.16. The summed E-state index contributed by atoms with van der Waals surface area (Å²) in [7, 11) is 1.60. The predicted molar refractivity (Wildman–Crippen MR) is 80.4 cm³/mol. The van der Waals surface area contributed by atoms with Crippen molar-refractivity contribution < 1.29 is 41.0 Å². The number of hydrogen-bond donors (Lipinski definition) is 1. The van der Waals surface area contributed by atoms with Gasteiger partial charge in [0.15, 0.2) is 6.61 Å². The molecule has 2 rings (SSSR count). The maximum Gasteiger partial charge on any atom is 0.344 e. The second kappa shape index (κ2) is 10.3. The molecule has 6 nitrogen and oxygen atoms in total. The summed E-state index contributed by atoms with van der Waals surface area (Å²) in [4.78, 5) is 13.2. The summed E-state index contributed by atoms with van der Waals surface area (Å²) < 4.78 is 21.1. The Morgan fingerprint density at radius 1 is 1.22 bits per heavy atom. The van der Waals surface area contributed by atoms with Crippen LogP contribution in [-0.4, -0.2) is 58.6 Å². The van der Waals surface area contributed by atoms with Crippen molar-refractivity contribution >= 4 is 5.97 Å². The Morgan fingerprint density at radius 2 is 1.83 bits per heavy atom. The lowest BCUT2D eigenvalue weighted by atomic mass is 10.3. The lowest BCUT2D eigenvalue weighted by Crippen LogP contribution is -3.15. The fourth-order valence-electron chi connectivity index (χ4n) is 2.39. The summed E-state index contributed by atoms with van der Waals surface area (Å²) in [6.07, 6.45) is -0.125. The molecule has 1 aliphatic heterocycles. The molecule has 1 atom stereocenters. The van der Waals surface area contributed by atoms with Crippen LogP contribution in [0.25, 0.3) is 0 Å². The van der Waals surface area contributed by atoms with Gasteiger partial charge in [-0.25, -0.2) is 4.79 Å². The van der Waals surface area contributed by atoms with E-state index in [1.807, 2.05) is 6.92 Å². The third kappa shape index (κ3) is 7.07. The number of rotatable bonds is 7. The van der Waals surface area contributed by atoms with E-state index in [0.29, 0.717) is 5.75 Å². The molecule has 1 N–H and O–H groups in total. The van der Waals surface area contributed by atoms with Crippen molar-refractivity contribution in [1.82, 2.24) is 0 Å². The molecule has 1 aromatic carbocycles. The number of halogens is 1. The summed E-state index contributed by atoms with van der Waals surface area (Å²) in [5, 5.41) is 0. The quantitative estimate of drug-likeness (QED) is 0.531. The Kier molecular flexibility index (Phi) is 8.76. The fraction of sp³-hybridized carbons (Fsp3) is 0.562. The summed E-state index contributed by atoms with van der Waals surface area (Å²) in [5.41, 5.74) is 0. The van der Waals surface area contributed by atoms with Crippen LogP contribution in [0.15, 0.2) is 24.3 Å². The number of nitrogens with one attached hydrogen (secondary N) is 1. The van der Waals surface area contributed by atoms with E-state index in [0.717, 1.165) is 38.6 Å².